The van der Waals surface area contributed by atoms with Crippen molar-refractivity contribution in [2.75, 3.05) is 19.8 Å². The number of rotatable bonds is 6. The maximum absolute atomic E-state index is 10.4. The fraction of sp³-hybridized carbons (Fsp3) is 0.625. The molecule has 0 aliphatic heterocycles. The zero-order chi connectivity index (χ0) is 10.4. The van der Waals surface area contributed by atoms with Crippen LogP contribution in [0.5, 0.6) is 0 Å². The molecule has 1 rings (SSSR count). The number of carbonyl (C=O) groups is 1. The Bertz CT molecular complexity index is 298. The van der Waals surface area contributed by atoms with Gasteiger partial charge in [-0.2, -0.15) is 0 Å². The number of hydrogen-bond donors (Lipinski definition) is 1. The standard InChI is InChI=1S/C8H13N3O3/c1-7-8(6-13)9-10-11(7)2-4-14-5-3-12/h6,12H,2-5H2,1H3. The van der Waals surface area contributed by atoms with Gasteiger partial charge in [-0.1, -0.05) is 5.21 Å². The Morgan fingerprint density at radius 1 is 1.57 bits per heavy atom. The van der Waals surface area contributed by atoms with Crippen molar-refractivity contribution in [2.24, 2.45) is 0 Å². The number of aldehydes is 1. The van der Waals surface area contributed by atoms with Crippen molar-refractivity contribution in [1.82, 2.24) is 15.0 Å². The first kappa shape index (κ1) is 10.8. The molecular formula is C8H13N3O3. The lowest BCUT2D eigenvalue weighted by Crippen LogP contribution is -2.11. The average molecular weight is 199 g/mol. The fourth-order valence-electron chi connectivity index (χ4n) is 1.01. The second kappa shape index (κ2) is 5.46. The van der Waals surface area contributed by atoms with Gasteiger partial charge in [-0.3, -0.25) is 4.79 Å². The van der Waals surface area contributed by atoms with E-state index in [1.165, 1.54) is 0 Å². The largest absolute Gasteiger partial charge is 0.394 e. The van der Waals surface area contributed by atoms with E-state index in [1.807, 2.05) is 0 Å². The summed E-state index contributed by atoms with van der Waals surface area (Å²) in [4.78, 5) is 10.4. The lowest BCUT2D eigenvalue weighted by atomic mass is 10.4. The molecule has 0 aromatic carbocycles. The van der Waals surface area contributed by atoms with Crippen LogP contribution in [-0.2, 0) is 11.3 Å². The summed E-state index contributed by atoms with van der Waals surface area (Å²) in [7, 11) is 0. The molecule has 0 bridgehead atoms. The highest BCUT2D eigenvalue weighted by atomic mass is 16.5. The van der Waals surface area contributed by atoms with Crippen LogP contribution in [0.2, 0.25) is 0 Å². The van der Waals surface area contributed by atoms with Crippen LogP contribution in [0.3, 0.4) is 0 Å². The predicted molar refractivity (Wildman–Crippen MR) is 48.1 cm³/mol. The Hall–Kier alpha value is -1.27. The van der Waals surface area contributed by atoms with Crippen molar-refractivity contribution >= 4 is 6.29 Å². The molecule has 14 heavy (non-hydrogen) atoms. The minimum atomic E-state index is 0.00985. The number of aliphatic hydroxyl groups excluding tert-OH is 1. The van der Waals surface area contributed by atoms with Gasteiger partial charge in [0.05, 0.1) is 32.1 Å². The summed E-state index contributed by atoms with van der Waals surface area (Å²) in [6.45, 7) is 3.08. The molecule has 0 unspecified atom stereocenters. The van der Waals surface area contributed by atoms with Crippen molar-refractivity contribution in [2.45, 2.75) is 13.5 Å². The summed E-state index contributed by atoms with van der Waals surface area (Å²) >= 11 is 0. The molecule has 0 atom stereocenters. The normalized spacial score (nSPS) is 10.4. The molecule has 1 aromatic rings. The highest BCUT2D eigenvalue weighted by molar-refractivity contribution is 5.72. The van der Waals surface area contributed by atoms with E-state index in [4.69, 9.17) is 9.84 Å². The van der Waals surface area contributed by atoms with Crippen LogP contribution in [0.15, 0.2) is 0 Å². The third-order valence-electron chi connectivity index (χ3n) is 1.81. The van der Waals surface area contributed by atoms with Gasteiger partial charge >= 0.3 is 0 Å². The summed E-state index contributed by atoms with van der Waals surface area (Å²) in [5.74, 6) is 0. The molecule has 78 valence electrons. The molecule has 1 aromatic heterocycles. The second-order valence-corrected chi connectivity index (χ2v) is 2.74. The van der Waals surface area contributed by atoms with Gasteiger partial charge in [-0.15, -0.1) is 5.10 Å². The zero-order valence-corrected chi connectivity index (χ0v) is 8.01. The zero-order valence-electron chi connectivity index (χ0n) is 8.01. The number of hydrogen-bond acceptors (Lipinski definition) is 5. The van der Waals surface area contributed by atoms with Crippen molar-refractivity contribution in [3.8, 4) is 0 Å². The first-order valence-electron chi connectivity index (χ1n) is 4.33. The molecule has 6 nitrogen and oxygen atoms in total. The van der Waals surface area contributed by atoms with Crippen LogP contribution in [0.1, 0.15) is 16.2 Å². The molecular weight excluding hydrogens is 186 g/mol. The smallest absolute Gasteiger partial charge is 0.172 e. The number of aliphatic hydroxyl groups is 1. The van der Waals surface area contributed by atoms with Gasteiger partial charge in [-0.25, -0.2) is 4.68 Å². The number of aromatic nitrogens is 3. The number of carbonyl (C=O) groups excluding carboxylic acids is 1. The molecule has 1 heterocycles. The Labute approximate surface area is 81.5 Å². The molecule has 0 aliphatic rings. The fourth-order valence-corrected chi connectivity index (χ4v) is 1.01. The van der Waals surface area contributed by atoms with Gasteiger partial charge in [0.15, 0.2) is 6.29 Å². The topological polar surface area (TPSA) is 77.2 Å². The Kier molecular flexibility index (Phi) is 4.21. The van der Waals surface area contributed by atoms with Gasteiger partial charge in [0.25, 0.3) is 0 Å². The SMILES string of the molecule is Cc1c(C=O)nnn1CCOCCO. The van der Waals surface area contributed by atoms with E-state index in [-0.39, 0.29) is 6.61 Å². The molecule has 0 radical (unpaired) electrons. The molecule has 0 fully saturated rings. The number of ether oxygens (including phenoxy) is 1. The van der Waals surface area contributed by atoms with Gasteiger partial charge in [0, 0.05) is 0 Å². The van der Waals surface area contributed by atoms with E-state index in [9.17, 15) is 4.79 Å². The van der Waals surface area contributed by atoms with Crippen LogP contribution in [0.4, 0.5) is 0 Å². The van der Waals surface area contributed by atoms with E-state index in [0.29, 0.717) is 31.7 Å². The molecule has 0 spiro atoms. The highest BCUT2D eigenvalue weighted by Crippen LogP contribution is 1.99. The Morgan fingerprint density at radius 3 is 2.93 bits per heavy atom. The van der Waals surface area contributed by atoms with Crippen LogP contribution < -0.4 is 0 Å². The van der Waals surface area contributed by atoms with Crippen molar-refractivity contribution in [3.05, 3.63) is 11.4 Å². The van der Waals surface area contributed by atoms with Crippen LogP contribution in [0.25, 0.3) is 0 Å². The number of nitrogens with zero attached hydrogens (tertiary/aromatic N) is 3. The van der Waals surface area contributed by atoms with Gasteiger partial charge in [0.2, 0.25) is 0 Å². The summed E-state index contributed by atoms with van der Waals surface area (Å²) in [5, 5.41) is 15.9. The van der Waals surface area contributed by atoms with E-state index in [0.717, 1.165) is 5.69 Å². The summed E-state index contributed by atoms with van der Waals surface area (Å²) in [6.07, 6.45) is 0.674. The van der Waals surface area contributed by atoms with E-state index in [2.05, 4.69) is 10.3 Å². The monoisotopic (exact) mass is 199 g/mol. The predicted octanol–water partition coefficient (Wildman–Crippen LogP) is -0.592. The van der Waals surface area contributed by atoms with Gasteiger partial charge < -0.3 is 9.84 Å². The van der Waals surface area contributed by atoms with Crippen LogP contribution in [0, 0.1) is 6.92 Å². The Morgan fingerprint density at radius 2 is 2.36 bits per heavy atom. The first-order valence-corrected chi connectivity index (χ1v) is 4.33. The average Bonchev–Trinajstić information content (AvgIpc) is 2.55. The first-order chi connectivity index (χ1) is 6.79. The molecule has 0 saturated carbocycles. The van der Waals surface area contributed by atoms with E-state index >= 15 is 0 Å². The van der Waals surface area contributed by atoms with E-state index < -0.39 is 0 Å². The molecule has 0 saturated heterocycles. The van der Waals surface area contributed by atoms with Crippen molar-refractivity contribution < 1.29 is 14.6 Å². The van der Waals surface area contributed by atoms with Gasteiger partial charge in [0.1, 0.15) is 5.69 Å². The quantitative estimate of drug-likeness (QED) is 0.489. The summed E-state index contributed by atoms with van der Waals surface area (Å²) in [5.41, 5.74) is 1.08. The minimum absolute atomic E-state index is 0.00985. The van der Waals surface area contributed by atoms with Crippen molar-refractivity contribution in [3.63, 3.8) is 0 Å². The molecule has 0 aliphatic carbocycles. The highest BCUT2D eigenvalue weighted by Gasteiger charge is 2.06. The van der Waals surface area contributed by atoms with E-state index in [1.54, 1.807) is 11.6 Å². The van der Waals surface area contributed by atoms with Crippen molar-refractivity contribution in [1.29, 1.82) is 0 Å². The minimum Gasteiger partial charge on any atom is -0.394 e. The molecule has 6 heteroatoms. The van der Waals surface area contributed by atoms with Crippen LogP contribution in [-0.4, -0.2) is 46.2 Å². The summed E-state index contributed by atoms with van der Waals surface area (Å²) < 4.78 is 6.66. The molecule has 0 amide bonds. The lowest BCUT2D eigenvalue weighted by Gasteiger charge is -2.03. The summed E-state index contributed by atoms with van der Waals surface area (Å²) in [6, 6.07) is 0. The second-order valence-electron chi connectivity index (χ2n) is 2.74. The lowest BCUT2D eigenvalue weighted by molar-refractivity contribution is 0.0848. The molecule has 1 N–H and O–H groups in total. The maximum atomic E-state index is 10.4. The Balaban J connectivity index is 2.42. The third kappa shape index (κ3) is 2.61. The van der Waals surface area contributed by atoms with Gasteiger partial charge in [-0.05, 0) is 6.92 Å². The maximum Gasteiger partial charge on any atom is 0.172 e. The van der Waals surface area contributed by atoms with Crippen LogP contribution >= 0.6 is 0 Å². The third-order valence-corrected chi connectivity index (χ3v) is 1.81.